The molecule has 0 bridgehead atoms. The van der Waals surface area contributed by atoms with E-state index in [0.29, 0.717) is 18.0 Å². The fourth-order valence-corrected chi connectivity index (χ4v) is 1.78. The van der Waals surface area contributed by atoms with E-state index >= 15 is 0 Å². The Hall–Kier alpha value is -1.58. The summed E-state index contributed by atoms with van der Waals surface area (Å²) < 4.78 is 13.1. The summed E-state index contributed by atoms with van der Waals surface area (Å²) in [4.78, 5) is 11.5. The van der Waals surface area contributed by atoms with Gasteiger partial charge in [-0.2, -0.15) is 0 Å². The number of halogens is 1. The van der Waals surface area contributed by atoms with Gasteiger partial charge in [0.05, 0.1) is 5.69 Å². The number of hydrogen-bond acceptors (Lipinski definition) is 2. The van der Waals surface area contributed by atoms with E-state index in [1.54, 1.807) is 6.07 Å². The molecule has 1 aliphatic rings. The van der Waals surface area contributed by atoms with Gasteiger partial charge in [0, 0.05) is 12.1 Å². The predicted molar refractivity (Wildman–Crippen MR) is 61.4 cm³/mol. The number of hydrogen-bond donors (Lipinski definition) is 2. The van der Waals surface area contributed by atoms with Crippen molar-refractivity contribution in [1.29, 1.82) is 0 Å². The summed E-state index contributed by atoms with van der Waals surface area (Å²) >= 11 is 0. The standard InChI is InChI=1S/C12H15FN2O/c13-10-7-9(4-5-11(10)14)15-12(16)6-8-2-1-3-8/h4-5,7-8H,1-3,6,14H2,(H,15,16). The molecule has 0 unspecified atom stereocenters. The number of amides is 1. The zero-order valence-corrected chi connectivity index (χ0v) is 9.00. The molecule has 0 spiro atoms. The number of rotatable bonds is 3. The van der Waals surface area contributed by atoms with Gasteiger partial charge in [-0.25, -0.2) is 4.39 Å². The maximum atomic E-state index is 13.1. The van der Waals surface area contributed by atoms with Crippen molar-refractivity contribution in [3.63, 3.8) is 0 Å². The minimum atomic E-state index is -0.499. The normalized spacial score (nSPS) is 15.6. The Balaban J connectivity index is 1.92. The third-order valence-electron chi connectivity index (χ3n) is 2.98. The van der Waals surface area contributed by atoms with Gasteiger partial charge < -0.3 is 11.1 Å². The number of nitrogens with two attached hydrogens (primary N) is 1. The fourth-order valence-electron chi connectivity index (χ4n) is 1.78. The maximum absolute atomic E-state index is 13.1. The Kier molecular flexibility index (Phi) is 3.08. The van der Waals surface area contributed by atoms with Gasteiger partial charge in [-0.3, -0.25) is 4.79 Å². The lowest BCUT2D eigenvalue weighted by Gasteiger charge is -2.24. The predicted octanol–water partition coefficient (Wildman–Crippen LogP) is 2.54. The highest BCUT2D eigenvalue weighted by atomic mass is 19.1. The highest BCUT2D eigenvalue weighted by Crippen LogP contribution is 2.29. The number of carbonyl (C=O) groups excluding carboxylic acids is 1. The second-order valence-electron chi connectivity index (χ2n) is 4.29. The molecule has 86 valence electrons. The van der Waals surface area contributed by atoms with E-state index in [0.717, 1.165) is 12.8 Å². The van der Waals surface area contributed by atoms with Crippen molar-refractivity contribution in [2.75, 3.05) is 11.1 Å². The van der Waals surface area contributed by atoms with Crippen LogP contribution in [0.1, 0.15) is 25.7 Å². The first-order valence-electron chi connectivity index (χ1n) is 5.50. The first-order valence-corrected chi connectivity index (χ1v) is 5.50. The third kappa shape index (κ3) is 2.51. The van der Waals surface area contributed by atoms with Gasteiger partial charge in [-0.05, 0) is 37.0 Å². The van der Waals surface area contributed by atoms with Crippen LogP contribution in [0.2, 0.25) is 0 Å². The van der Waals surface area contributed by atoms with Crippen LogP contribution in [-0.4, -0.2) is 5.91 Å². The summed E-state index contributed by atoms with van der Waals surface area (Å²) in [6.07, 6.45) is 4.01. The Bertz CT molecular complexity index is 402. The SMILES string of the molecule is Nc1ccc(NC(=O)CC2CCC2)cc1F. The lowest BCUT2D eigenvalue weighted by molar-refractivity contribution is -0.117. The molecule has 1 saturated carbocycles. The summed E-state index contributed by atoms with van der Waals surface area (Å²) in [5.41, 5.74) is 5.91. The summed E-state index contributed by atoms with van der Waals surface area (Å²) in [5.74, 6) is -0.0334. The molecular formula is C12H15FN2O. The maximum Gasteiger partial charge on any atom is 0.224 e. The van der Waals surface area contributed by atoms with Gasteiger partial charge in [0.1, 0.15) is 5.82 Å². The topological polar surface area (TPSA) is 55.1 Å². The Morgan fingerprint density at radius 1 is 1.50 bits per heavy atom. The van der Waals surface area contributed by atoms with E-state index in [2.05, 4.69) is 5.32 Å². The van der Waals surface area contributed by atoms with E-state index in [4.69, 9.17) is 5.73 Å². The quantitative estimate of drug-likeness (QED) is 0.772. The largest absolute Gasteiger partial charge is 0.396 e. The van der Waals surface area contributed by atoms with Crippen LogP contribution in [0.5, 0.6) is 0 Å². The zero-order chi connectivity index (χ0) is 11.5. The molecule has 0 radical (unpaired) electrons. The molecule has 0 heterocycles. The number of carbonyl (C=O) groups is 1. The molecule has 2 rings (SSSR count). The molecule has 0 aromatic heterocycles. The van der Waals surface area contributed by atoms with Crippen LogP contribution in [0.25, 0.3) is 0 Å². The van der Waals surface area contributed by atoms with E-state index in [1.165, 1.54) is 18.6 Å². The van der Waals surface area contributed by atoms with E-state index in [9.17, 15) is 9.18 Å². The van der Waals surface area contributed by atoms with Crippen LogP contribution in [-0.2, 0) is 4.79 Å². The van der Waals surface area contributed by atoms with Crippen molar-refractivity contribution < 1.29 is 9.18 Å². The Morgan fingerprint density at radius 2 is 2.25 bits per heavy atom. The lowest BCUT2D eigenvalue weighted by Crippen LogP contribution is -2.20. The van der Waals surface area contributed by atoms with Gasteiger partial charge in [0.15, 0.2) is 0 Å². The monoisotopic (exact) mass is 222 g/mol. The highest BCUT2D eigenvalue weighted by Gasteiger charge is 2.20. The molecule has 4 heteroatoms. The molecule has 1 aromatic carbocycles. The molecule has 1 fully saturated rings. The number of nitrogen functional groups attached to an aromatic ring is 1. The van der Waals surface area contributed by atoms with Gasteiger partial charge >= 0.3 is 0 Å². The first kappa shape index (κ1) is 10.9. The second kappa shape index (κ2) is 4.51. The third-order valence-corrected chi connectivity index (χ3v) is 2.98. The molecule has 3 N–H and O–H groups in total. The van der Waals surface area contributed by atoms with Gasteiger partial charge in [-0.15, -0.1) is 0 Å². The molecule has 1 aromatic rings. The van der Waals surface area contributed by atoms with Crippen LogP contribution in [0.3, 0.4) is 0 Å². The van der Waals surface area contributed by atoms with Crippen molar-refractivity contribution in [3.8, 4) is 0 Å². The van der Waals surface area contributed by atoms with Crippen molar-refractivity contribution in [1.82, 2.24) is 0 Å². The van der Waals surface area contributed by atoms with Crippen LogP contribution < -0.4 is 11.1 Å². The Morgan fingerprint density at radius 3 is 2.81 bits per heavy atom. The number of nitrogens with one attached hydrogen (secondary N) is 1. The molecule has 1 amide bonds. The molecule has 0 aliphatic heterocycles. The van der Waals surface area contributed by atoms with Crippen molar-refractivity contribution in [3.05, 3.63) is 24.0 Å². The molecule has 0 saturated heterocycles. The van der Waals surface area contributed by atoms with E-state index < -0.39 is 5.82 Å². The second-order valence-corrected chi connectivity index (χ2v) is 4.29. The molecule has 0 atom stereocenters. The summed E-state index contributed by atoms with van der Waals surface area (Å²) in [7, 11) is 0. The van der Waals surface area contributed by atoms with E-state index in [-0.39, 0.29) is 11.6 Å². The molecule has 1 aliphatic carbocycles. The highest BCUT2D eigenvalue weighted by molar-refractivity contribution is 5.91. The van der Waals surface area contributed by atoms with Crippen LogP contribution >= 0.6 is 0 Å². The van der Waals surface area contributed by atoms with Crippen molar-refractivity contribution in [2.45, 2.75) is 25.7 Å². The zero-order valence-electron chi connectivity index (χ0n) is 9.00. The Labute approximate surface area is 93.8 Å². The van der Waals surface area contributed by atoms with Gasteiger partial charge in [0.2, 0.25) is 5.91 Å². The molecule has 3 nitrogen and oxygen atoms in total. The smallest absolute Gasteiger partial charge is 0.224 e. The minimum Gasteiger partial charge on any atom is -0.396 e. The van der Waals surface area contributed by atoms with Gasteiger partial charge in [0.25, 0.3) is 0 Å². The number of benzene rings is 1. The van der Waals surface area contributed by atoms with Crippen LogP contribution in [0, 0.1) is 11.7 Å². The summed E-state index contributed by atoms with van der Waals surface area (Å²) in [6.45, 7) is 0. The van der Waals surface area contributed by atoms with Crippen LogP contribution in [0.4, 0.5) is 15.8 Å². The van der Waals surface area contributed by atoms with Crippen LogP contribution in [0.15, 0.2) is 18.2 Å². The minimum absolute atomic E-state index is 0.0473. The average Bonchev–Trinajstić information content (AvgIpc) is 2.18. The van der Waals surface area contributed by atoms with Crippen molar-refractivity contribution in [2.24, 2.45) is 5.92 Å². The average molecular weight is 222 g/mol. The van der Waals surface area contributed by atoms with Gasteiger partial charge in [-0.1, -0.05) is 6.42 Å². The molecular weight excluding hydrogens is 207 g/mol. The fraction of sp³-hybridized carbons (Fsp3) is 0.417. The number of anilines is 2. The molecule has 16 heavy (non-hydrogen) atoms. The first-order chi connectivity index (χ1) is 7.65. The van der Waals surface area contributed by atoms with E-state index in [1.807, 2.05) is 0 Å². The summed E-state index contributed by atoms with van der Waals surface area (Å²) in [5, 5.41) is 2.67. The van der Waals surface area contributed by atoms with Crippen molar-refractivity contribution >= 4 is 17.3 Å². The summed E-state index contributed by atoms with van der Waals surface area (Å²) in [6, 6.07) is 4.30. The lowest BCUT2D eigenvalue weighted by atomic mass is 9.83.